The zero-order chi connectivity index (χ0) is 8.97. The van der Waals surface area contributed by atoms with Crippen molar-refractivity contribution in [2.75, 3.05) is 0 Å². The Bertz CT molecular complexity index is 346. The Morgan fingerprint density at radius 3 is 2.92 bits per heavy atom. The predicted molar refractivity (Wildman–Crippen MR) is 47.1 cm³/mol. The van der Waals surface area contributed by atoms with Crippen molar-refractivity contribution in [3.05, 3.63) is 28.5 Å². The van der Waals surface area contributed by atoms with Gasteiger partial charge in [-0.1, -0.05) is 6.07 Å². The maximum atomic E-state index is 10.5. The molecule has 0 unspecified atom stereocenters. The molecule has 0 fully saturated rings. The lowest BCUT2D eigenvalue weighted by Gasteiger charge is -1.89. The summed E-state index contributed by atoms with van der Waals surface area (Å²) in [6.07, 6.45) is 1.13. The zero-order valence-electron chi connectivity index (χ0n) is 6.15. The van der Waals surface area contributed by atoms with E-state index in [1.807, 2.05) is 17.5 Å². The molecule has 0 atom stereocenters. The largest absolute Gasteiger partial charge is 0.366 e. The molecule has 60 valence electrons. The second kappa shape index (κ2) is 3.69. The molecule has 1 aromatic heterocycles. The van der Waals surface area contributed by atoms with Crippen molar-refractivity contribution in [2.24, 2.45) is 5.73 Å². The monoisotopic (exact) mass is 178 g/mol. The van der Waals surface area contributed by atoms with E-state index in [1.54, 1.807) is 6.07 Å². The first-order valence-corrected chi connectivity index (χ1v) is 4.07. The number of amides is 1. The molecule has 0 aliphatic heterocycles. The average molecular weight is 178 g/mol. The van der Waals surface area contributed by atoms with E-state index in [-0.39, 0.29) is 0 Å². The van der Waals surface area contributed by atoms with Crippen LogP contribution in [0.1, 0.15) is 4.88 Å². The molecule has 3 nitrogen and oxygen atoms in total. The minimum Gasteiger partial charge on any atom is -0.366 e. The molecule has 12 heavy (non-hydrogen) atoms. The van der Waals surface area contributed by atoms with E-state index in [4.69, 9.17) is 11.0 Å². The van der Waals surface area contributed by atoms with E-state index in [2.05, 4.69) is 0 Å². The molecule has 0 bridgehead atoms. The molecule has 0 saturated heterocycles. The van der Waals surface area contributed by atoms with Crippen LogP contribution in [0, 0.1) is 11.3 Å². The third kappa shape index (κ3) is 1.94. The first-order chi connectivity index (χ1) is 5.74. The van der Waals surface area contributed by atoms with Crippen LogP contribution in [0.2, 0.25) is 0 Å². The molecule has 0 aliphatic carbocycles. The van der Waals surface area contributed by atoms with Crippen molar-refractivity contribution in [3.63, 3.8) is 0 Å². The SMILES string of the molecule is N#C/C(=C\C(N)=O)c1cccs1. The third-order valence-electron chi connectivity index (χ3n) is 1.19. The Hall–Kier alpha value is -1.60. The van der Waals surface area contributed by atoms with Crippen LogP contribution in [-0.4, -0.2) is 5.91 Å². The van der Waals surface area contributed by atoms with Gasteiger partial charge in [-0.25, -0.2) is 0 Å². The Balaban J connectivity index is 3.01. The highest BCUT2D eigenvalue weighted by Crippen LogP contribution is 2.18. The van der Waals surface area contributed by atoms with E-state index in [1.165, 1.54) is 11.3 Å². The van der Waals surface area contributed by atoms with Crippen molar-refractivity contribution in [2.45, 2.75) is 0 Å². The maximum Gasteiger partial charge on any atom is 0.242 e. The van der Waals surface area contributed by atoms with E-state index in [9.17, 15) is 4.79 Å². The first kappa shape index (κ1) is 8.50. The van der Waals surface area contributed by atoms with Crippen molar-refractivity contribution in [1.82, 2.24) is 0 Å². The van der Waals surface area contributed by atoms with E-state index < -0.39 is 5.91 Å². The van der Waals surface area contributed by atoms with Gasteiger partial charge in [-0.3, -0.25) is 4.79 Å². The van der Waals surface area contributed by atoms with Crippen molar-refractivity contribution in [1.29, 1.82) is 5.26 Å². The summed E-state index contributed by atoms with van der Waals surface area (Å²) in [6, 6.07) is 5.48. The molecule has 0 saturated carbocycles. The average Bonchev–Trinajstić information content (AvgIpc) is 2.51. The number of allylic oxidation sites excluding steroid dienone is 1. The molecule has 0 spiro atoms. The highest BCUT2D eigenvalue weighted by atomic mass is 32.1. The van der Waals surface area contributed by atoms with Gasteiger partial charge in [-0.2, -0.15) is 5.26 Å². The zero-order valence-corrected chi connectivity index (χ0v) is 6.97. The lowest BCUT2D eigenvalue weighted by atomic mass is 10.2. The number of hydrogen-bond donors (Lipinski definition) is 1. The maximum absolute atomic E-state index is 10.5. The predicted octanol–water partition coefficient (Wildman–Crippen LogP) is 1.14. The molecule has 2 N–H and O–H groups in total. The van der Waals surface area contributed by atoms with E-state index in [0.29, 0.717) is 5.57 Å². The Morgan fingerprint density at radius 2 is 2.50 bits per heavy atom. The van der Waals surface area contributed by atoms with Gasteiger partial charge in [-0.15, -0.1) is 11.3 Å². The van der Waals surface area contributed by atoms with Crippen LogP contribution in [0.5, 0.6) is 0 Å². The molecule has 1 aromatic rings. The number of nitriles is 1. The molecule has 0 aromatic carbocycles. The number of rotatable bonds is 2. The van der Waals surface area contributed by atoms with Gasteiger partial charge in [0, 0.05) is 11.0 Å². The van der Waals surface area contributed by atoms with Crippen LogP contribution >= 0.6 is 11.3 Å². The van der Waals surface area contributed by atoms with Gasteiger partial charge in [0.1, 0.15) is 6.07 Å². The summed E-state index contributed by atoms with van der Waals surface area (Å²) >= 11 is 1.40. The Morgan fingerprint density at radius 1 is 1.75 bits per heavy atom. The number of thiophene rings is 1. The Kier molecular flexibility index (Phi) is 2.62. The number of carbonyl (C=O) groups is 1. The van der Waals surface area contributed by atoms with E-state index >= 15 is 0 Å². The van der Waals surface area contributed by atoms with Gasteiger partial charge in [0.15, 0.2) is 0 Å². The second-order valence-electron chi connectivity index (χ2n) is 2.05. The van der Waals surface area contributed by atoms with Crippen LogP contribution in [0.15, 0.2) is 23.6 Å². The van der Waals surface area contributed by atoms with Crippen LogP contribution in [0.4, 0.5) is 0 Å². The fourth-order valence-electron chi connectivity index (χ4n) is 0.733. The first-order valence-electron chi connectivity index (χ1n) is 3.19. The topological polar surface area (TPSA) is 66.9 Å². The lowest BCUT2D eigenvalue weighted by molar-refractivity contribution is -0.113. The van der Waals surface area contributed by atoms with Gasteiger partial charge in [-0.05, 0) is 11.4 Å². The smallest absolute Gasteiger partial charge is 0.242 e. The third-order valence-corrected chi connectivity index (χ3v) is 2.10. The van der Waals surface area contributed by atoms with Crippen molar-refractivity contribution >= 4 is 22.8 Å². The molecule has 1 amide bonds. The van der Waals surface area contributed by atoms with Crippen LogP contribution < -0.4 is 5.73 Å². The highest BCUT2D eigenvalue weighted by Gasteiger charge is 2.01. The normalized spacial score (nSPS) is 10.8. The van der Waals surface area contributed by atoms with Crippen molar-refractivity contribution in [3.8, 4) is 6.07 Å². The molecule has 1 heterocycles. The summed E-state index contributed by atoms with van der Waals surface area (Å²) in [5.41, 5.74) is 5.23. The van der Waals surface area contributed by atoms with E-state index in [0.717, 1.165) is 11.0 Å². The number of hydrogen-bond acceptors (Lipinski definition) is 3. The lowest BCUT2D eigenvalue weighted by Crippen LogP contribution is -2.06. The summed E-state index contributed by atoms with van der Waals surface area (Å²) in [6.45, 7) is 0. The minimum absolute atomic E-state index is 0.317. The van der Waals surface area contributed by atoms with Gasteiger partial charge in [0.05, 0.1) is 5.57 Å². The summed E-state index contributed by atoms with van der Waals surface area (Å²) < 4.78 is 0. The molecule has 0 aliphatic rings. The fourth-order valence-corrected chi connectivity index (χ4v) is 1.42. The van der Waals surface area contributed by atoms with Crippen molar-refractivity contribution < 1.29 is 4.79 Å². The van der Waals surface area contributed by atoms with Gasteiger partial charge in [0.2, 0.25) is 5.91 Å². The fraction of sp³-hybridized carbons (Fsp3) is 0. The molecule has 4 heteroatoms. The summed E-state index contributed by atoms with van der Waals surface area (Å²) in [5, 5.41) is 10.5. The standard InChI is InChI=1S/C8H6N2OS/c9-5-6(4-8(10)11)7-2-1-3-12-7/h1-4H,(H2,10,11)/b6-4+. The van der Waals surface area contributed by atoms with Gasteiger partial charge < -0.3 is 5.73 Å². The summed E-state index contributed by atoms with van der Waals surface area (Å²) in [7, 11) is 0. The van der Waals surface area contributed by atoms with Gasteiger partial charge >= 0.3 is 0 Å². The number of nitrogens with zero attached hydrogens (tertiary/aromatic N) is 1. The van der Waals surface area contributed by atoms with Crippen LogP contribution in [-0.2, 0) is 4.79 Å². The second-order valence-corrected chi connectivity index (χ2v) is 3.00. The highest BCUT2D eigenvalue weighted by molar-refractivity contribution is 7.11. The molecular weight excluding hydrogens is 172 g/mol. The summed E-state index contributed by atoms with van der Waals surface area (Å²) in [5.74, 6) is -0.597. The minimum atomic E-state index is -0.597. The molecule has 0 radical (unpaired) electrons. The van der Waals surface area contributed by atoms with Crippen LogP contribution in [0.3, 0.4) is 0 Å². The molecular formula is C8H6N2OS. The molecule has 1 rings (SSSR count). The van der Waals surface area contributed by atoms with Gasteiger partial charge in [0.25, 0.3) is 0 Å². The number of primary amides is 1. The summed E-state index contributed by atoms with van der Waals surface area (Å²) in [4.78, 5) is 11.2. The number of nitrogens with two attached hydrogens (primary N) is 1. The van der Waals surface area contributed by atoms with Crippen LogP contribution in [0.25, 0.3) is 5.57 Å². The number of carbonyl (C=O) groups excluding carboxylic acids is 1. The quantitative estimate of drug-likeness (QED) is 0.545. The Labute approximate surface area is 73.7 Å².